The van der Waals surface area contributed by atoms with Crippen molar-refractivity contribution in [3.05, 3.63) is 57.8 Å². The summed E-state index contributed by atoms with van der Waals surface area (Å²) in [4.78, 5) is 13.4. The maximum absolute atomic E-state index is 14.3. The van der Waals surface area contributed by atoms with E-state index < -0.39 is 60.5 Å². The van der Waals surface area contributed by atoms with Gasteiger partial charge in [0.15, 0.2) is 12.4 Å². The molecule has 4 N–H and O–H groups in total. The third kappa shape index (κ3) is 8.37. The average molecular weight is 749 g/mol. The highest BCUT2D eigenvalue weighted by Gasteiger charge is 2.54. The van der Waals surface area contributed by atoms with Gasteiger partial charge in [0.2, 0.25) is 0 Å². The summed E-state index contributed by atoms with van der Waals surface area (Å²) in [7, 11) is -2.69. The van der Waals surface area contributed by atoms with Crippen molar-refractivity contribution in [2.75, 3.05) is 11.1 Å². The zero-order valence-electron chi connectivity index (χ0n) is 28.8. The fraction of sp³-hybridized carbons (Fsp3) is 0.594. The Morgan fingerprint density at radius 3 is 2.20 bits per heavy atom. The van der Waals surface area contributed by atoms with E-state index in [0.29, 0.717) is 18.5 Å². The molecular weight excluding hydrogens is 707 g/mol. The lowest BCUT2D eigenvalue weighted by Gasteiger charge is -2.30. The molecule has 1 amide bonds. The summed E-state index contributed by atoms with van der Waals surface area (Å²) >= 11 is 5.86. The number of aromatic nitrogens is 4. The number of halogens is 5. The van der Waals surface area contributed by atoms with Crippen LogP contribution in [-0.2, 0) is 43.7 Å². The third-order valence-corrected chi connectivity index (χ3v) is 10.9. The van der Waals surface area contributed by atoms with Crippen LogP contribution in [0.3, 0.4) is 0 Å². The summed E-state index contributed by atoms with van der Waals surface area (Å²) in [6.07, 6.45) is -2.98. The lowest BCUT2D eigenvalue weighted by atomic mass is 9.87. The van der Waals surface area contributed by atoms with Gasteiger partial charge in [-0.25, -0.2) is 13.6 Å². The highest BCUT2D eigenvalue weighted by molar-refractivity contribution is 7.48. The number of nitrogen functional groups attached to an aromatic ring is 1. The Morgan fingerprint density at radius 2 is 1.68 bits per heavy atom. The Balaban J connectivity index is 1.34. The van der Waals surface area contributed by atoms with Crippen molar-refractivity contribution >= 4 is 36.8 Å². The van der Waals surface area contributed by atoms with Gasteiger partial charge in [-0.05, 0) is 97.3 Å². The van der Waals surface area contributed by atoms with E-state index in [1.807, 2.05) is 0 Å². The molecule has 0 aliphatic heterocycles. The van der Waals surface area contributed by atoms with Crippen molar-refractivity contribution in [3.63, 3.8) is 0 Å². The van der Waals surface area contributed by atoms with Crippen molar-refractivity contribution in [3.8, 4) is 0 Å². The molecule has 2 saturated carbocycles. The van der Waals surface area contributed by atoms with Gasteiger partial charge in [0.1, 0.15) is 17.2 Å². The molecule has 0 spiro atoms. The van der Waals surface area contributed by atoms with E-state index in [1.165, 1.54) is 16.8 Å². The fourth-order valence-corrected chi connectivity index (χ4v) is 8.78. The molecule has 5 rings (SSSR count). The lowest BCUT2D eigenvalue weighted by molar-refractivity contribution is -0.144. The SMILES string of the molecule is Cn1nc(C2CC3CC(O)(c4cn(COP(=O)(OC(C)(C)C)OC(C)(C)C)nc4C(F)(F)F)CC3C2)c(C(=O)Nc2ccc(F)c(Cl)c2)c1N. The summed E-state index contributed by atoms with van der Waals surface area (Å²) in [6.45, 7) is 9.06. The number of phosphoric ester groups is 1. The molecule has 2 aliphatic rings. The number of carbonyl (C=O) groups excluding carboxylic acids is 1. The van der Waals surface area contributed by atoms with Crippen LogP contribution < -0.4 is 11.1 Å². The molecule has 12 nitrogen and oxygen atoms in total. The number of rotatable bonds is 9. The number of hydrogen-bond acceptors (Lipinski definition) is 9. The minimum Gasteiger partial charge on any atom is -0.385 e. The molecule has 2 atom stereocenters. The number of nitrogens with zero attached hydrogens (tertiary/aromatic N) is 4. The highest BCUT2D eigenvalue weighted by Crippen LogP contribution is 2.59. The molecule has 2 aromatic heterocycles. The number of alkyl halides is 3. The average Bonchev–Trinajstić information content (AvgIpc) is 3.69. The summed E-state index contributed by atoms with van der Waals surface area (Å²) in [6, 6.07) is 3.74. The number of phosphoric acid groups is 1. The molecule has 276 valence electrons. The van der Waals surface area contributed by atoms with E-state index in [4.69, 9.17) is 30.9 Å². The van der Waals surface area contributed by atoms with Crippen molar-refractivity contribution in [1.29, 1.82) is 0 Å². The largest absolute Gasteiger partial charge is 0.477 e. The predicted molar refractivity (Wildman–Crippen MR) is 177 cm³/mol. The maximum atomic E-state index is 14.3. The van der Waals surface area contributed by atoms with Crippen LogP contribution in [0.25, 0.3) is 0 Å². The summed E-state index contributed by atoms with van der Waals surface area (Å²) in [5.74, 6) is -1.80. The Bertz CT molecular complexity index is 1780. The Hall–Kier alpha value is -3.01. The quantitative estimate of drug-likeness (QED) is 0.147. The number of aryl methyl sites for hydroxylation is 1. The van der Waals surface area contributed by atoms with Crippen molar-refractivity contribution in [1.82, 2.24) is 19.6 Å². The number of nitrogens with two attached hydrogens (primary N) is 1. The smallest absolute Gasteiger partial charge is 0.385 e. The first-order valence-corrected chi connectivity index (χ1v) is 17.8. The molecule has 18 heteroatoms. The first kappa shape index (κ1) is 38.2. The van der Waals surface area contributed by atoms with Crippen LogP contribution >= 0.6 is 19.4 Å². The number of anilines is 2. The number of amides is 1. The van der Waals surface area contributed by atoms with E-state index in [-0.39, 0.29) is 52.7 Å². The Kier molecular flexibility index (Phi) is 10.1. The van der Waals surface area contributed by atoms with Crippen molar-refractivity contribution in [2.45, 2.75) is 103 Å². The van der Waals surface area contributed by atoms with E-state index in [2.05, 4.69) is 15.5 Å². The molecule has 2 aliphatic carbocycles. The molecule has 3 aromatic rings. The summed E-state index contributed by atoms with van der Waals surface area (Å²) in [5.41, 5.74) is 1.55. The predicted octanol–water partition coefficient (Wildman–Crippen LogP) is 7.77. The fourth-order valence-electron chi connectivity index (χ4n) is 6.86. The third-order valence-electron chi connectivity index (χ3n) is 8.60. The number of fused-ring (bicyclic) bond motifs is 1. The van der Waals surface area contributed by atoms with Crippen LogP contribution in [0, 0.1) is 17.7 Å². The van der Waals surface area contributed by atoms with Crippen LogP contribution in [0.5, 0.6) is 0 Å². The van der Waals surface area contributed by atoms with E-state index in [0.717, 1.165) is 16.9 Å². The van der Waals surface area contributed by atoms with Gasteiger partial charge >= 0.3 is 14.0 Å². The lowest BCUT2D eigenvalue weighted by Crippen LogP contribution is -2.26. The number of aliphatic hydroxyl groups is 1. The normalized spacial score (nSPS) is 23.0. The number of hydrogen-bond donors (Lipinski definition) is 3. The maximum Gasteiger partial charge on any atom is 0.477 e. The van der Waals surface area contributed by atoms with Gasteiger partial charge in [-0.15, -0.1) is 0 Å². The Morgan fingerprint density at radius 1 is 1.10 bits per heavy atom. The number of nitrogens with one attached hydrogen (secondary N) is 1. The van der Waals surface area contributed by atoms with E-state index in [9.17, 15) is 32.0 Å². The standard InChI is InChI=1S/C32H42ClF4N6O6P/c1-29(2,3)48-50(46,49-30(4,5)6)47-16-43-15-21(26(41-43)32(35,36)37)31(45)13-18-10-17(11-19(18)14-31)25-24(27(38)42(7)40-25)28(44)39-20-8-9-23(34)22(33)12-20/h8-9,12,15,17-19,45H,10-11,13-14,16,38H2,1-7H3,(H,39,44). The van der Waals surface area contributed by atoms with Gasteiger partial charge in [-0.1, -0.05) is 11.6 Å². The minimum absolute atomic E-state index is 0.000481. The van der Waals surface area contributed by atoms with E-state index in [1.54, 1.807) is 48.6 Å². The molecule has 2 unspecified atom stereocenters. The van der Waals surface area contributed by atoms with Crippen LogP contribution in [-0.4, -0.2) is 41.8 Å². The topological polar surface area (TPSA) is 156 Å². The van der Waals surface area contributed by atoms with Crippen LogP contribution in [0.15, 0.2) is 24.4 Å². The van der Waals surface area contributed by atoms with E-state index >= 15 is 0 Å². The minimum atomic E-state index is -4.91. The van der Waals surface area contributed by atoms with Gasteiger partial charge in [-0.3, -0.25) is 23.0 Å². The van der Waals surface area contributed by atoms with Gasteiger partial charge in [0, 0.05) is 30.4 Å². The van der Waals surface area contributed by atoms with Crippen molar-refractivity contribution in [2.24, 2.45) is 18.9 Å². The molecule has 0 radical (unpaired) electrons. The molecule has 2 fully saturated rings. The first-order chi connectivity index (χ1) is 22.9. The summed E-state index contributed by atoms with van der Waals surface area (Å²) < 4.78 is 88.8. The number of benzene rings is 1. The van der Waals surface area contributed by atoms with Crippen LogP contribution in [0.4, 0.5) is 29.1 Å². The van der Waals surface area contributed by atoms with Gasteiger partial charge in [0.25, 0.3) is 5.91 Å². The molecular formula is C32H42ClF4N6O6P. The molecule has 0 bridgehead atoms. The second kappa shape index (κ2) is 13.2. The number of carbonyl (C=O) groups is 1. The monoisotopic (exact) mass is 748 g/mol. The van der Waals surface area contributed by atoms with Crippen molar-refractivity contribution < 1.29 is 45.6 Å². The van der Waals surface area contributed by atoms with Gasteiger partial charge < -0.3 is 16.2 Å². The first-order valence-electron chi connectivity index (χ1n) is 16.0. The summed E-state index contributed by atoms with van der Waals surface area (Å²) in [5, 5.41) is 22.5. The second-order valence-corrected chi connectivity index (χ2v) is 16.9. The molecule has 50 heavy (non-hydrogen) atoms. The highest BCUT2D eigenvalue weighted by atomic mass is 35.5. The van der Waals surface area contributed by atoms with Gasteiger partial charge in [-0.2, -0.15) is 23.4 Å². The van der Waals surface area contributed by atoms with Crippen LogP contribution in [0.1, 0.15) is 100 Å². The zero-order valence-corrected chi connectivity index (χ0v) is 30.4. The van der Waals surface area contributed by atoms with Gasteiger partial charge in [0.05, 0.1) is 27.5 Å². The zero-order chi connectivity index (χ0) is 37.2. The molecule has 0 saturated heterocycles. The van der Waals surface area contributed by atoms with Crippen LogP contribution in [0.2, 0.25) is 5.02 Å². The molecule has 1 aromatic carbocycles. The molecule has 2 heterocycles. The Labute approximate surface area is 292 Å². The second-order valence-electron chi connectivity index (χ2n) is 15.0.